The Bertz CT molecular complexity index is 465. The molecule has 1 unspecified atom stereocenters. The van der Waals surface area contributed by atoms with Crippen LogP contribution in [0.25, 0.3) is 0 Å². The fourth-order valence-corrected chi connectivity index (χ4v) is 2.06. The molecule has 1 atom stereocenters. The first kappa shape index (κ1) is 15.5. The van der Waals surface area contributed by atoms with Crippen LogP contribution < -0.4 is 5.32 Å². The number of halogens is 1. The molecule has 0 radical (unpaired) electrons. The molecule has 0 aliphatic heterocycles. The third-order valence-electron chi connectivity index (χ3n) is 2.51. The molecule has 0 fully saturated rings. The van der Waals surface area contributed by atoms with Crippen LogP contribution in [-0.4, -0.2) is 35.1 Å². The summed E-state index contributed by atoms with van der Waals surface area (Å²) < 4.78 is 0.957. The minimum Gasteiger partial charge on any atom is -0.481 e. The maximum Gasteiger partial charge on any atom is 0.317 e. The standard InChI is InChI=1S/C13H17BrN2O3/c1-9(6-12(17)18)15-13(19)16(2)8-10-4-3-5-11(14)7-10/h3-5,7,9H,6,8H2,1-2H3,(H,15,19)(H,17,18). The SMILES string of the molecule is CC(CC(=O)O)NC(=O)N(C)Cc1cccc(Br)c1. The Labute approximate surface area is 120 Å². The molecule has 0 aliphatic rings. The van der Waals surface area contributed by atoms with E-state index >= 15 is 0 Å². The monoisotopic (exact) mass is 328 g/mol. The molecule has 0 saturated carbocycles. The summed E-state index contributed by atoms with van der Waals surface area (Å²) in [6.07, 6.45) is -0.0868. The van der Waals surface area contributed by atoms with Crippen molar-refractivity contribution in [3.8, 4) is 0 Å². The predicted octanol–water partition coefficient (Wildman–Crippen LogP) is 2.45. The summed E-state index contributed by atoms with van der Waals surface area (Å²) in [6.45, 7) is 2.13. The second-order valence-corrected chi connectivity index (χ2v) is 5.35. The average Bonchev–Trinajstić information content (AvgIpc) is 2.27. The van der Waals surface area contributed by atoms with E-state index in [0.29, 0.717) is 6.54 Å². The fourth-order valence-electron chi connectivity index (χ4n) is 1.61. The molecule has 6 heteroatoms. The number of aliphatic carboxylic acids is 1. The fraction of sp³-hybridized carbons (Fsp3) is 0.385. The molecule has 5 nitrogen and oxygen atoms in total. The van der Waals surface area contributed by atoms with Gasteiger partial charge >= 0.3 is 12.0 Å². The van der Waals surface area contributed by atoms with Crippen molar-refractivity contribution in [3.05, 3.63) is 34.3 Å². The lowest BCUT2D eigenvalue weighted by Crippen LogP contribution is -2.42. The zero-order valence-corrected chi connectivity index (χ0v) is 12.5. The molecular weight excluding hydrogens is 312 g/mol. The number of nitrogens with one attached hydrogen (secondary N) is 1. The van der Waals surface area contributed by atoms with Gasteiger partial charge in [-0.2, -0.15) is 0 Å². The minimum absolute atomic E-state index is 0.0868. The Hall–Kier alpha value is -1.56. The zero-order valence-electron chi connectivity index (χ0n) is 10.9. The summed E-state index contributed by atoms with van der Waals surface area (Å²) in [5, 5.41) is 11.3. The molecule has 1 aromatic rings. The predicted molar refractivity (Wildman–Crippen MR) is 75.9 cm³/mol. The smallest absolute Gasteiger partial charge is 0.317 e. The van der Waals surface area contributed by atoms with Crippen LogP contribution in [0.4, 0.5) is 4.79 Å². The van der Waals surface area contributed by atoms with Crippen molar-refractivity contribution in [2.75, 3.05) is 7.05 Å². The van der Waals surface area contributed by atoms with Crippen LogP contribution in [0.3, 0.4) is 0 Å². The highest BCUT2D eigenvalue weighted by Crippen LogP contribution is 2.13. The summed E-state index contributed by atoms with van der Waals surface area (Å²) >= 11 is 3.37. The van der Waals surface area contributed by atoms with Gasteiger partial charge in [0.05, 0.1) is 6.42 Å². The molecule has 104 valence electrons. The normalized spacial score (nSPS) is 11.7. The summed E-state index contributed by atoms with van der Waals surface area (Å²) in [7, 11) is 1.67. The van der Waals surface area contributed by atoms with E-state index in [1.807, 2.05) is 24.3 Å². The maximum absolute atomic E-state index is 11.8. The van der Waals surface area contributed by atoms with Crippen molar-refractivity contribution in [2.24, 2.45) is 0 Å². The number of carbonyl (C=O) groups excluding carboxylic acids is 1. The summed E-state index contributed by atoms with van der Waals surface area (Å²) in [6, 6.07) is 7.00. The first-order chi connectivity index (χ1) is 8.88. The number of carboxylic acids is 1. The summed E-state index contributed by atoms with van der Waals surface area (Å²) in [4.78, 5) is 23.9. The van der Waals surface area contributed by atoms with E-state index in [-0.39, 0.29) is 12.5 Å². The van der Waals surface area contributed by atoms with Gasteiger partial charge in [-0.15, -0.1) is 0 Å². The molecule has 2 N–H and O–H groups in total. The van der Waals surface area contributed by atoms with E-state index in [9.17, 15) is 9.59 Å². The molecule has 0 spiro atoms. The van der Waals surface area contributed by atoms with Gasteiger partial charge in [-0.25, -0.2) is 4.79 Å². The van der Waals surface area contributed by atoms with Gasteiger partial charge < -0.3 is 15.3 Å². The van der Waals surface area contributed by atoms with Crippen molar-refractivity contribution >= 4 is 27.9 Å². The molecule has 0 aliphatic carbocycles. The zero-order chi connectivity index (χ0) is 14.4. The Morgan fingerprint density at radius 1 is 1.47 bits per heavy atom. The second kappa shape index (κ2) is 7.13. The van der Waals surface area contributed by atoms with Crippen LogP contribution in [0.2, 0.25) is 0 Å². The van der Waals surface area contributed by atoms with E-state index in [0.717, 1.165) is 10.0 Å². The number of carbonyl (C=O) groups is 2. The number of carboxylic acid groups (broad SMARTS) is 1. The lowest BCUT2D eigenvalue weighted by Gasteiger charge is -2.20. The van der Waals surface area contributed by atoms with Crippen LogP contribution in [0.1, 0.15) is 18.9 Å². The first-order valence-electron chi connectivity index (χ1n) is 5.86. The van der Waals surface area contributed by atoms with Crippen molar-refractivity contribution in [1.82, 2.24) is 10.2 Å². The molecule has 19 heavy (non-hydrogen) atoms. The van der Waals surface area contributed by atoms with Crippen LogP contribution in [0, 0.1) is 0 Å². The van der Waals surface area contributed by atoms with Crippen LogP contribution in [0.15, 0.2) is 28.7 Å². The molecule has 1 aromatic carbocycles. The van der Waals surface area contributed by atoms with E-state index < -0.39 is 12.0 Å². The number of hydrogen-bond acceptors (Lipinski definition) is 2. The lowest BCUT2D eigenvalue weighted by molar-refractivity contribution is -0.137. The number of urea groups is 1. The Balaban J connectivity index is 2.51. The third-order valence-corrected chi connectivity index (χ3v) is 3.00. The molecule has 2 amide bonds. The first-order valence-corrected chi connectivity index (χ1v) is 6.65. The number of amides is 2. The quantitative estimate of drug-likeness (QED) is 0.872. The van der Waals surface area contributed by atoms with Crippen molar-refractivity contribution < 1.29 is 14.7 Å². The molecular formula is C13H17BrN2O3. The number of nitrogens with zero attached hydrogens (tertiary/aromatic N) is 1. The van der Waals surface area contributed by atoms with Gasteiger partial charge in [0.2, 0.25) is 0 Å². The molecule has 1 rings (SSSR count). The minimum atomic E-state index is -0.928. The second-order valence-electron chi connectivity index (χ2n) is 4.43. The van der Waals surface area contributed by atoms with Gasteiger partial charge in [-0.1, -0.05) is 28.1 Å². The number of benzene rings is 1. The molecule has 0 heterocycles. The number of rotatable bonds is 5. The van der Waals surface area contributed by atoms with E-state index in [2.05, 4.69) is 21.2 Å². The molecule has 0 bridgehead atoms. The number of hydrogen-bond donors (Lipinski definition) is 2. The Kier molecular flexibility index (Phi) is 5.82. The highest BCUT2D eigenvalue weighted by Gasteiger charge is 2.14. The Morgan fingerprint density at radius 3 is 2.74 bits per heavy atom. The van der Waals surface area contributed by atoms with Crippen molar-refractivity contribution in [1.29, 1.82) is 0 Å². The van der Waals surface area contributed by atoms with Gasteiger partial charge in [-0.05, 0) is 24.6 Å². The largest absolute Gasteiger partial charge is 0.481 e. The highest BCUT2D eigenvalue weighted by atomic mass is 79.9. The van der Waals surface area contributed by atoms with E-state index in [1.54, 1.807) is 14.0 Å². The van der Waals surface area contributed by atoms with Crippen LogP contribution >= 0.6 is 15.9 Å². The van der Waals surface area contributed by atoms with Gasteiger partial charge in [0.1, 0.15) is 0 Å². The van der Waals surface area contributed by atoms with Gasteiger partial charge in [-0.3, -0.25) is 4.79 Å². The molecule has 0 saturated heterocycles. The van der Waals surface area contributed by atoms with Gasteiger partial charge in [0, 0.05) is 24.1 Å². The van der Waals surface area contributed by atoms with Gasteiger partial charge in [0.15, 0.2) is 0 Å². The van der Waals surface area contributed by atoms with E-state index in [1.165, 1.54) is 4.90 Å². The molecule has 0 aromatic heterocycles. The van der Waals surface area contributed by atoms with E-state index in [4.69, 9.17) is 5.11 Å². The maximum atomic E-state index is 11.8. The summed E-state index contributed by atoms with van der Waals surface area (Å²) in [5.41, 5.74) is 0.998. The van der Waals surface area contributed by atoms with Crippen molar-refractivity contribution in [2.45, 2.75) is 25.9 Å². The van der Waals surface area contributed by atoms with Crippen LogP contribution in [0.5, 0.6) is 0 Å². The topological polar surface area (TPSA) is 69.6 Å². The van der Waals surface area contributed by atoms with Crippen LogP contribution in [-0.2, 0) is 11.3 Å². The highest BCUT2D eigenvalue weighted by molar-refractivity contribution is 9.10. The lowest BCUT2D eigenvalue weighted by atomic mass is 10.2. The third kappa shape index (κ3) is 5.74. The Morgan fingerprint density at radius 2 is 2.16 bits per heavy atom. The van der Waals surface area contributed by atoms with Gasteiger partial charge in [0.25, 0.3) is 0 Å². The average molecular weight is 329 g/mol. The van der Waals surface area contributed by atoms with Crippen molar-refractivity contribution in [3.63, 3.8) is 0 Å². The summed E-state index contributed by atoms with van der Waals surface area (Å²) in [5.74, 6) is -0.928.